The Balaban J connectivity index is 2.15. The standard InChI is InChI=1S/C22H24N2O5/c1-3-23-22(27)24-21(26)20(17-11-6-5-7-12-17)29-19(25)15-14-16-10-8-9-13-18(16)28-4-2/h5-15,20H,3-4H2,1-2H3,(H2,23,24,26,27)/b15-14+. The maximum Gasteiger partial charge on any atom is 0.331 e. The summed E-state index contributed by atoms with van der Waals surface area (Å²) >= 11 is 0. The van der Waals surface area contributed by atoms with E-state index in [-0.39, 0.29) is 0 Å². The Bertz CT molecular complexity index is 865. The zero-order valence-corrected chi connectivity index (χ0v) is 16.4. The van der Waals surface area contributed by atoms with Gasteiger partial charge in [0, 0.05) is 23.7 Å². The molecule has 29 heavy (non-hydrogen) atoms. The number of benzene rings is 2. The number of hydrogen-bond donors (Lipinski definition) is 2. The molecule has 0 fully saturated rings. The first kappa shape index (κ1) is 21.7. The molecule has 2 aromatic carbocycles. The van der Waals surface area contributed by atoms with Gasteiger partial charge in [-0.2, -0.15) is 0 Å². The Hall–Kier alpha value is -3.61. The van der Waals surface area contributed by atoms with E-state index in [2.05, 4.69) is 10.6 Å². The maximum absolute atomic E-state index is 12.5. The Labute approximate surface area is 169 Å². The van der Waals surface area contributed by atoms with Crippen LogP contribution in [-0.2, 0) is 14.3 Å². The molecule has 2 rings (SSSR count). The van der Waals surface area contributed by atoms with E-state index in [0.717, 1.165) is 0 Å². The van der Waals surface area contributed by atoms with Gasteiger partial charge in [-0.1, -0.05) is 48.5 Å². The van der Waals surface area contributed by atoms with Gasteiger partial charge in [0.05, 0.1) is 6.61 Å². The lowest BCUT2D eigenvalue weighted by Crippen LogP contribution is -2.42. The lowest BCUT2D eigenvalue weighted by atomic mass is 10.1. The van der Waals surface area contributed by atoms with Crippen molar-refractivity contribution in [2.24, 2.45) is 0 Å². The van der Waals surface area contributed by atoms with Gasteiger partial charge < -0.3 is 14.8 Å². The van der Waals surface area contributed by atoms with Crippen molar-refractivity contribution in [3.8, 4) is 5.75 Å². The second-order valence-corrected chi connectivity index (χ2v) is 5.88. The van der Waals surface area contributed by atoms with Crippen LogP contribution in [0.2, 0.25) is 0 Å². The molecule has 0 aliphatic heterocycles. The van der Waals surface area contributed by atoms with Crippen LogP contribution in [0.15, 0.2) is 60.7 Å². The molecule has 0 saturated carbocycles. The predicted octanol–water partition coefficient (Wildman–Crippen LogP) is 3.23. The zero-order valence-electron chi connectivity index (χ0n) is 16.4. The normalized spacial score (nSPS) is 11.5. The first-order valence-electron chi connectivity index (χ1n) is 9.29. The zero-order chi connectivity index (χ0) is 21.1. The monoisotopic (exact) mass is 396 g/mol. The van der Waals surface area contributed by atoms with Crippen LogP contribution in [0, 0.1) is 0 Å². The number of esters is 1. The van der Waals surface area contributed by atoms with E-state index >= 15 is 0 Å². The summed E-state index contributed by atoms with van der Waals surface area (Å²) in [6.45, 7) is 4.44. The first-order valence-corrected chi connectivity index (χ1v) is 9.29. The third-order valence-electron chi connectivity index (χ3n) is 3.77. The molecule has 0 aliphatic rings. The van der Waals surface area contributed by atoms with E-state index in [0.29, 0.717) is 30.0 Å². The molecule has 1 atom stereocenters. The highest BCUT2D eigenvalue weighted by atomic mass is 16.5. The van der Waals surface area contributed by atoms with E-state index in [4.69, 9.17) is 9.47 Å². The Morgan fingerprint density at radius 3 is 2.38 bits per heavy atom. The molecule has 3 amide bonds. The number of amides is 3. The van der Waals surface area contributed by atoms with Crippen LogP contribution in [0.1, 0.15) is 31.1 Å². The third-order valence-corrected chi connectivity index (χ3v) is 3.77. The SMILES string of the molecule is CCNC(=O)NC(=O)C(OC(=O)/C=C/c1ccccc1OCC)c1ccccc1. The fraction of sp³-hybridized carbons (Fsp3) is 0.227. The molecule has 152 valence electrons. The smallest absolute Gasteiger partial charge is 0.331 e. The number of imide groups is 1. The van der Waals surface area contributed by atoms with Gasteiger partial charge in [0.1, 0.15) is 5.75 Å². The predicted molar refractivity (Wildman–Crippen MR) is 109 cm³/mol. The largest absolute Gasteiger partial charge is 0.493 e. The molecule has 2 N–H and O–H groups in total. The lowest BCUT2D eigenvalue weighted by molar-refractivity contribution is -0.151. The minimum absolute atomic E-state index is 0.358. The molecule has 0 bridgehead atoms. The summed E-state index contributed by atoms with van der Waals surface area (Å²) < 4.78 is 10.9. The first-order chi connectivity index (χ1) is 14.0. The number of urea groups is 1. The van der Waals surface area contributed by atoms with Crippen LogP contribution in [0.4, 0.5) is 4.79 Å². The van der Waals surface area contributed by atoms with Gasteiger partial charge in [0.25, 0.3) is 5.91 Å². The average molecular weight is 396 g/mol. The third kappa shape index (κ3) is 6.80. The van der Waals surface area contributed by atoms with Crippen LogP contribution in [0.25, 0.3) is 6.08 Å². The highest BCUT2D eigenvalue weighted by Gasteiger charge is 2.25. The molecular weight excluding hydrogens is 372 g/mol. The minimum Gasteiger partial charge on any atom is -0.493 e. The molecule has 2 aromatic rings. The molecule has 7 nitrogen and oxygen atoms in total. The van der Waals surface area contributed by atoms with Crippen LogP contribution < -0.4 is 15.4 Å². The maximum atomic E-state index is 12.5. The molecule has 0 heterocycles. The van der Waals surface area contributed by atoms with Crippen molar-refractivity contribution < 1.29 is 23.9 Å². The molecule has 0 spiro atoms. The fourth-order valence-electron chi connectivity index (χ4n) is 2.50. The van der Waals surface area contributed by atoms with E-state index in [9.17, 15) is 14.4 Å². The summed E-state index contributed by atoms with van der Waals surface area (Å²) in [7, 11) is 0. The lowest BCUT2D eigenvalue weighted by Gasteiger charge is -2.16. The summed E-state index contributed by atoms with van der Waals surface area (Å²) in [5.41, 5.74) is 1.15. The molecule has 0 aromatic heterocycles. The van der Waals surface area contributed by atoms with Crippen molar-refractivity contribution in [2.75, 3.05) is 13.2 Å². The summed E-state index contributed by atoms with van der Waals surface area (Å²) in [6.07, 6.45) is 1.50. The number of carbonyl (C=O) groups is 3. The van der Waals surface area contributed by atoms with Crippen LogP contribution in [-0.4, -0.2) is 31.1 Å². The van der Waals surface area contributed by atoms with Crippen LogP contribution >= 0.6 is 0 Å². The number of rotatable bonds is 8. The average Bonchev–Trinajstić information content (AvgIpc) is 2.72. The number of carbonyl (C=O) groups excluding carboxylic acids is 3. The molecule has 0 radical (unpaired) electrons. The van der Waals surface area contributed by atoms with Crippen molar-refractivity contribution in [1.82, 2.24) is 10.6 Å². The van der Waals surface area contributed by atoms with Crippen molar-refractivity contribution in [3.63, 3.8) is 0 Å². The van der Waals surface area contributed by atoms with Gasteiger partial charge in [-0.3, -0.25) is 10.1 Å². The summed E-state index contributed by atoms with van der Waals surface area (Å²) in [6, 6.07) is 15.1. The second-order valence-electron chi connectivity index (χ2n) is 5.88. The van der Waals surface area contributed by atoms with Gasteiger partial charge in [-0.25, -0.2) is 9.59 Å². The molecule has 7 heteroatoms. The Morgan fingerprint density at radius 1 is 1.00 bits per heavy atom. The van der Waals surface area contributed by atoms with Crippen LogP contribution in [0.3, 0.4) is 0 Å². The number of hydrogen-bond acceptors (Lipinski definition) is 5. The topological polar surface area (TPSA) is 93.7 Å². The van der Waals surface area contributed by atoms with E-state index in [1.807, 2.05) is 19.1 Å². The van der Waals surface area contributed by atoms with Gasteiger partial charge in [0.15, 0.2) is 0 Å². The summed E-state index contributed by atoms with van der Waals surface area (Å²) in [5.74, 6) is -0.831. The number of para-hydroxylation sites is 1. The van der Waals surface area contributed by atoms with Gasteiger partial charge in [-0.05, 0) is 26.0 Å². The van der Waals surface area contributed by atoms with Crippen LogP contribution in [0.5, 0.6) is 5.75 Å². The second kappa shape index (κ2) is 11.3. The van der Waals surface area contributed by atoms with E-state index in [1.165, 1.54) is 6.08 Å². The Kier molecular flexibility index (Phi) is 8.44. The number of ether oxygens (including phenoxy) is 2. The van der Waals surface area contributed by atoms with Crippen molar-refractivity contribution >= 4 is 24.0 Å². The summed E-state index contributed by atoms with van der Waals surface area (Å²) in [5, 5.41) is 4.64. The number of nitrogens with one attached hydrogen (secondary N) is 2. The molecule has 1 unspecified atom stereocenters. The van der Waals surface area contributed by atoms with Crippen molar-refractivity contribution in [1.29, 1.82) is 0 Å². The molecule has 0 saturated heterocycles. The van der Waals surface area contributed by atoms with Crippen molar-refractivity contribution in [2.45, 2.75) is 20.0 Å². The molecule has 0 aliphatic carbocycles. The van der Waals surface area contributed by atoms with Crippen molar-refractivity contribution in [3.05, 3.63) is 71.8 Å². The van der Waals surface area contributed by atoms with Gasteiger partial charge >= 0.3 is 12.0 Å². The highest BCUT2D eigenvalue weighted by Crippen LogP contribution is 2.21. The summed E-state index contributed by atoms with van der Waals surface area (Å²) in [4.78, 5) is 36.5. The Morgan fingerprint density at radius 2 is 1.69 bits per heavy atom. The molecular formula is C22H24N2O5. The highest BCUT2D eigenvalue weighted by molar-refractivity contribution is 5.98. The van der Waals surface area contributed by atoms with E-state index in [1.54, 1.807) is 55.5 Å². The van der Waals surface area contributed by atoms with Gasteiger partial charge in [-0.15, -0.1) is 0 Å². The quantitative estimate of drug-likeness (QED) is 0.528. The van der Waals surface area contributed by atoms with Gasteiger partial charge in [0.2, 0.25) is 6.10 Å². The minimum atomic E-state index is -1.27. The fourth-order valence-corrected chi connectivity index (χ4v) is 2.50. The van der Waals surface area contributed by atoms with E-state index < -0.39 is 24.0 Å².